The molecule has 5 nitrogen and oxygen atoms in total. The fourth-order valence-corrected chi connectivity index (χ4v) is 4.60. The van der Waals surface area contributed by atoms with Crippen molar-refractivity contribution in [1.29, 1.82) is 0 Å². The molecule has 0 spiro atoms. The third-order valence-electron chi connectivity index (χ3n) is 6.38. The summed E-state index contributed by atoms with van der Waals surface area (Å²) in [5.74, 6) is 0.895. The van der Waals surface area contributed by atoms with Gasteiger partial charge in [0.05, 0.1) is 0 Å². The van der Waals surface area contributed by atoms with Crippen LogP contribution in [-0.2, 0) is 19.3 Å². The van der Waals surface area contributed by atoms with Crippen LogP contribution in [0.1, 0.15) is 67.5 Å². The number of benzene rings is 1. The van der Waals surface area contributed by atoms with Gasteiger partial charge in [-0.05, 0) is 86.6 Å². The van der Waals surface area contributed by atoms with Crippen molar-refractivity contribution in [2.45, 2.75) is 78.8 Å². The number of nitrogens with one attached hydrogen (secondary N) is 1. The monoisotopic (exact) mass is 446 g/mol. The van der Waals surface area contributed by atoms with E-state index < -0.39 is 12.6 Å². The molecular formula is C24H29F3N4O. The Morgan fingerprint density at radius 1 is 1.12 bits per heavy atom. The van der Waals surface area contributed by atoms with Gasteiger partial charge in [0.2, 0.25) is 5.82 Å². The lowest BCUT2D eigenvalue weighted by Crippen LogP contribution is -2.21. The van der Waals surface area contributed by atoms with Crippen molar-refractivity contribution >= 4 is 0 Å². The van der Waals surface area contributed by atoms with Crippen molar-refractivity contribution in [2.75, 3.05) is 0 Å². The zero-order valence-electron chi connectivity index (χ0n) is 19.0. The fraction of sp³-hybridized carbons (Fsp3) is 0.542. The zero-order chi connectivity index (χ0) is 23.1. The molecule has 0 bridgehead atoms. The third kappa shape index (κ3) is 4.89. The topological polar surface area (TPSA) is 67.6 Å². The minimum atomic E-state index is -4.09. The maximum absolute atomic E-state index is 12.4. The number of halogens is 3. The Morgan fingerprint density at radius 3 is 2.53 bits per heavy atom. The summed E-state index contributed by atoms with van der Waals surface area (Å²) in [6, 6.07) is 3.95. The molecule has 2 heterocycles. The van der Waals surface area contributed by atoms with Gasteiger partial charge >= 0.3 is 6.18 Å². The molecule has 4 rings (SSSR count). The highest BCUT2D eigenvalue weighted by atomic mass is 19.4. The molecule has 1 aromatic carbocycles. The predicted molar refractivity (Wildman–Crippen MR) is 116 cm³/mol. The molecule has 32 heavy (non-hydrogen) atoms. The summed E-state index contributed by atoms with van der Waals surface area (Å²) >= 11 is 0. The van der Waals surface area contributed by atoms with E-state index in [2.05, 4.69) is 34.2 Å². The van der Waals surface area contributed by atoms with E-state index in [1.807, 2.05) is 26.0 Å². The number of fused-ring (bicyclic) bond motifs is 1. The molecule has 3 aromatic rings. The smallest absolute Gasteiger partial charge is 0.332 e. The van der Waals surface area contributed by atoms with Crippen LogP contribution in [0.15, 0.2) is 16.7 Å². The summed E-state index contributed by atoms with van der Waals surface area (Å²) in [5, 5.41) is 11.8. The van der Waals surface area contributed by atoms with Crippen molar-refractivity contribution in [3.05, 3.63) is 40.1 Å². The highest BCUT2D eigenvalue weighted by molar-refractivity contribution is 5.63. The molecule has 1 aliphatic carbocycles. The normalized spacial score (nSPS) is 15.7. The summed E-state index contributed by atoms with van der Waals surface area (Å²) in [4.78, 5) is 4.60. The number of hydrogen-bond acceptors (Lipinski definition) is 4. The van der Waals surface area contributed by atoms with E-state index in [0.29, 0.717) is 24.6 Å². The van der Waals surface area contributed by atoms with Gasteiger partial charge in [0.25, 0.3) is 5.89 Å². The summed E-state index contributed by atoms with van der Waals surface area (Å²) in [6.07, 6.45) is -0.599. The quantitative estimate of drug-likeness (QED) is 0.437. The number of H-pyrrole nitrogens is 1. The Kier molecular flexibility index (Phi) is 5.90. The fourth-order valence-electron chi connectivity index (χ4n) is 4.60. The van der Waals surface area contributed by atoms with Crippen LogP contribution in [0.3, 0.4) is 0 Å². The number of aromatic amines is 1. The predicted octanol–water partition coefficient (Wildman–Crippen LogP) is 6.53. The Balaban J connectivity index is 1.51. The summed E-state index contributed by atoms with van der Waals surface area (Å²) in [7, 11) is 0. The molecular weight excluding hydrogens is 417 g/mol. The molecule has 1 aliphatic rings. The Labute approximate surface area is 185 Å². The van der Waals surface area contributed by atoms with Gasteiger partial charge in [-0.1, -0.05) is 19.0 Å². The number of nitrogens with zero attached hydrogens (tertiary/aromatic N) is 3. The van der Waals surface area contributed by atoms with Crippen LogP contribution >= 0.6 is 0 Å². The van der Waals surface area contributed by atoms with E-state index in [4.69, 9.17) is 4.52 Å². The molecule has 0 unspecified atom stereocenters. The van der Waals surface area contributed by atoms with Gasteiger partial charge in [0.1, 0.15) is 0 Å². The minimum Gasteiger partial charge on any atom is -0.332 e. The molecule has 0 radical (unpaired) electrons. The van der Waals surface area contributed by atoms with Crippen LogP contribution in [0.5, 0.6) is 0 Å². The number of aromatic nitrogens is 4. The minimum absolute atomic E-state index is 0.142. The first-order valence-electron chi connectivity index (χ1n) is 11.1. The molecule has 0 saturated heterocycles. The van der Waals surface area contributed by atoms with Crippen molar-refractivity contribution < 1.29 is 17.7 Å². The lowest BCUT2D eigenvalue weighted by atomic mass is 9.76. The lowest BCUT2D eigenvalue weighted by Gasteiger charge is -2.28. The van der Waals surface area contributed by atoms with Gasteiger partial charge < -0.3 is 4.52 Å². The van der Waals surface area contributed by atoms with Crippen molar-refractivity contribution in [2.24, 2.45) is 5.41 Å². The highest BCUT2D eigenvalue weighted by Gasteiger charge is 2.31. The standard InChI is InChI=1S/C24H29F3N4O/c1-14-11-16(12-15(2)17(14)7-5-6-9-24(25,26)27)21-28-22(32-31-21)20-18-8-10-23(3,4)13-19(18)29-30-20/h11-12H,5-10,13H2,1-4H3,(H,29,30). The van der Waals surface area contributed by atoms with Crippen LogP contribution in [0.4, 0.5) is 13.2 Å². The van der Waals surface area contributed by atoms with E-state index in [-0.39, 0.29) is 11.8 Å². The number of aryl methyl sites for hydroxylation is 2. The lowest BCUT2D eigenvalue weighted by molar-refractivity contribution is -0.135. The second-order valence-corrected chi connectivity index (χ2v) is 9.70. The van der Waals surface area contributed by atoms with Crippen molar-refractivity contribution in [3.8, 4) is 23.0 Å². The van der Waals surface area contributed by atoms with Gasteiger partial charge in [-0.2, -0.15) is 23.3 Å². The maximum atomic E-state index is 12.4. The summed E-state index contributed by atoms with van der Waals surface area (Å²) in [6.45, 7) is 8.46. The Morgan fingerprint density at radius 2 is 1.84 bits per heavy atom. The van der Waals surface area contributed by atoms with Gasteiger partial charge in [0.15, 0.2) is 5.69 Å². The average molecular weight is 447 g/mol. The third-order valence-corrected chi connectivity index (χ3v) is 6.38. The van der Waals surface area contributed by atoms with E-state index in [0.717, 1.165) is 58.5 Å². The van der Waals surface area contributed by atoms with E-state index in [9.17, 15) is 13.2 Å². The van der Waals surface area contributed by atoms with Crippen molar-refractivity contribution in [1.82, 2.24) is 20.3 Å². The summed E-state index contributed by atoms with van der Waals surface area (Å²) < 4.78 is 42.7. The van der Waals surface area contributed by atoms with Gasteiger partial charge in [-0.3, -0.25) is 5.10 Å². The Bertz CT molecular complexity index is 1090. The zero-order valence-corrected chi connectivity index (χ0v) is 19.0. The van der Waals surface area contributed by atoms with Crippen LogP contribution in [0.25, 0.3) is 23.0 Å². The van der Waals surface area contributed by atoms with E-state index >= 15 is 0 Å². The molecule has 0 atom stereocenters. The SMILES string of the molecule is Cc1cc(-c2noc(-c3n[nH]c4c3CCC(C)(C)C4)n2)cc(C)c1CCCCC(F)(F)F. The van der Waals surface area contributed by atoms with E-state index in [1.54, 1.807) is 0 Å². The highest BCUT2D eigenvalue weighted by Crippen LogP contribution is 2.38. The number of alkyl halides is 3. The van der Waals surface area contributed by atoms with Crippen LogP contribution in [-0.4, -0.2) is 26.5 Å². The first-order valence-corrected chi connectivity index (χ1v) is 11.1. The molecule has 172 valence electrons. The second-order valence-electron chi connectivity index (χ2n) is 9.70. The maximum Gasteiger partial charge on any atom is 0.389 e. The Hall–Kier alpha value is -2.64. The first kappa shape index (κ1) is 22.6. The number of rotatable bonds is 6. The molecule has 8 heteroatoms. The molecule has 0 amide bonds. The molecule has 0 saturated carbocycles. The molecule has 1 N–H and O–H groups in total. The second kappa shape index (κ2) is 8.37. The van der Waals surface area contributed by atoms with Crippen molar-refractivity contribution in [3.63, 3.8) is 0 Å². The molecule has 2 aromatic heterocycles. The van der Waals surface area contributed by atoms with Gasteiger partial charge in [-0.25, -0.2) is 0 Å². The molecule has 0 aliphatic heterocycles. The number of hydrogen-bond donors (Lipinski definition) is 1. The average Bonchev–Trinajstić information content (AvgIpc) is 3.31. The van der Waals surface area contributed by atoms with Crippen LogP contribution in [0.2, 0.25) is 0 Å². The van der Waals surface area contributed by atoms with Gasteiger partial charge in [-0.15, -0.1) is 0 Å². The van der Waals surface area contributed by atoms with Gasteiger partial charge in [0, 0.05) is 23.2 Å². The van der Waals surface area contributed by atoms with Crippen LogP contribution in [0, 0.1) is 19.3 Å². The number of unbranched alkanes of at least 4 members (excludes halogenated alkanes) is 1. The molecule has 0 fully saturated rings. The first-order chi connectivity index (χ1) is 15.0. The van der Waals surface area contributed by atoms with Crippen LogP contribution < -0.4 is 0 Å². The summed E-state index contributed by atoms with van der Waals surface area (Å²) in [5.41, 5.74) is 7.24. The largest absolute Gasteiger partial charge is 0.389 e. The van der Waals surface area contributed by atoms with E-state index in [1.165, 1.54) is 0 Å².